The van der Waals surface area contributed by atoms with E-state index in [1.54, 1.807) is 19.0 Å². The van der Waals surface area contributed by atoms with Gasteiger partial charge < -0.3 is 5.11 Å². The molecule has 0 radical (unpaired) electrons. The van der Waals surface area contributed by atoms with Gasteiger partial charge in [0.15, 0.2) is 0 Å². The molecular weight excluding hydrogens is 258 g/mol. The zero-order valence-electron chi connectivity index (χ0n) is 8.77. The molecule has 4 heteroatoms. The van der Waals surface area contributed by atoms with Gasteiger partial charge in [0, 0.05) is 4.47 Å². The molecule has 0 spiro atoms. The minimum Gasteiger partial charge on any atom is -0.480 e. The molecule has 0 saturated heterocycles. The highest BCUT2D eigenvalue weighted by Gasteiger charge is 2.20. The quantitative estimate of drug-likeness (QED) is 0.911. The van der Waals surface area contributed by atoms with Gasteiger partial charge in [-0.1, -0.05) is 34.1 Å². The lowest BCUT2D eigenvalue weighted by Gasteiger charge is -2.20. The van der Waals surface area contributed by atoms with Crippen LogP contribution in [0.25, 0.3) is 0 Å². The van der Waals surface area contributed by atoms with Crippen molar-refractivity contribution < 1.29 is 9.90 Å². The number of hydrogen-bond acceptors (Lipinski definition) is 2. The molecule has 0 heterocycles. The van der Waals surface area contributed by atoms with Crippen molar-refractivity contribution in [3.05, 3.63) is 34.3 Å². The Morgan fingerprint density at radius 2 is 2.07 bits per heavy atom. The Morgan fingerprint density at radius 1 is 1.47 bits per heavy atom. The maximum atomic E-state index is 11.0. The first-order chi connectivity index (χ1) is 7.02. The smallest absolute Gasteiger partial charge is 0.321 e. The molecule has 0 bridgehead atoms. The minimum atomic E-state index is -0.796. The van der Waals surface area contributed by atoms with E-state index in [4.69, 9.17) is 5.11 Å². The average Bonchev–Trinajstić information content (AvgIpc) is 2.15. The predicted octanol–water partition coefficient (Wildman–Crippen LogP) is 2.01. The van der Waals surface area contributed by atoms with Crippen molar-refractivity contribution in [2.75, 3.05) is 14.1 Å². The van der Waals surface area contributed by atoms with Crippen LogP contribution in [0.1, 0.15) is 5.56 Å². The summed E-state index contributed by atoms with van der Waals surface area (Å²) >= 11 is 3.41. The number of hydrogen-bond donors (Lipinski definition) is 1. The Hall–Kier alpha value is -0.870. The first-order valence-corrected chi connectivity index (χ1v) is 5.44. The lowest BCUT2D eigenvalue weighted by atomic mass is 10.1. The topological polar surface area (TPSA) is 40.5 Å². The third-order valence-electron chi connectivity index (χ3n) is 2.28. The molecule has 1 N–H and O–H groups in total. The van der Waals surface area contributed by atoms with Gasteiger partial charge in [0.1, 0.15) is 6.04 Å². The molecule has 1 unspecified atom stereocenters. The lowest BCUT2D eigenvalue weighted by Crippen LogP contribution is -2.37. The molecule has 82 valence electrons. The van der Waals surface area contributed by atoms with Crippen LogP contribution in [0.4, 0.5) is 0 Å². The standard InChI is InChI=1S/C11H14BrNO2/c1-13(2)10(11(14)15)7-8-5-3-4-6-9(8)12/h3-6,10H,7H2,1-2H3,(H,14,15). The van der Waals surface area contributed by atoms with Crippen LogP contribution in [0.2, 0.25) is 0 Å². The highest BCUT2D eigenvalue weighted by Crippen LogP contribution is 2.18. The van der Waals surface area contributed by atoms with Gasteiger partial charge in [0.25, 0.3) is 0 Å². The summed E-state index contributed by atoms with van der Waals surface area (Å²) in [4.78, 5) is 12.7. The van der Waals surface area contributed by atoms with Crippen LogP contribution in [0.5, 0.6) is 0 Å². The fraction of sp³-hybridized carbons (Fsp3) is 0.364. The minimum absolute atomic E-state index is 0.483. The summed E-state index contributed by atoms with van der Waals surface area (Å²) < 4.78 is 0.957. The third-order valence-corrected chi connectivity index (χ3v) is 3.05. The van der Waals surface area contributed by atoms with Crippen LogP contribution < -0.4 is 0 Å². The van der Waals surface area contributed by atoms with Crippen molar-refractivity contribution >= 4 is 21.9 Å². The summed E-state index contributed by atoms with van der Waals surface area (Å²) in [5, 5.41) is 9.04. The van der Waals surface area contributed by atoms with Crippen LogP contribution in [0.3, 0.4) is 0 Å². The van der Waals surface area contributed by atoms with Gasteiger partial charge in [-0.3, -0.25) is 9.69 Å². The molecule has 0 aliphatic rings. The Bertz CT molecular complexity index is 352. The second kappa shape index (κ2) is 5.28. The summed E-state index contributed by atoms with van der Waals surface area (Å²) in [6.45, 7) is 0. The number of nitrogens with zero attached hydrogens (tertiary/aromatic N) is 1. The van der Waals surface area contributed by atoms with Crippen molar-refractivity contribution in [2.24, 2.45) is 0 Å². The van der Waals surface area contributed by atoms with Crippen LogP contribution >= 0.6 is 15.9 Å². The van der Waals surface area contributed by atoms with Gasteiger partial charge in [0.05, 0.1) is 0 Å². The molecule has 0 amide bonds. The maximum Gasteiger partial charge on any atom is 0.321 e. The highest BCUT2D eigenvalue weighted by atomic mass is 79.9. The van der Waals surface area contributed by atoms with E-state index < -0.39 is 12.0 Å². The van der Waals surface area contributed by atoms with Gasteiger partial charge in [-0.2, -0.15) is 0 Å². The molecule has 1 atom stereocenters. The Kier molecular flexibility index (Phi) is 4.29. The van der Waals surface area contributed by atoms with Gasteiger partial charge in [-0.25, -0.2) is 0 Å². The SMILES string of the molecule is CN(C)C(Cc1ccccc1Br)C(=O)O. The van der Waals surface area contributed by atoms with E-state index in [9.17, 15) is 4.79 Å². The molecule has 1 aromatic rings. The van der Waals surface area contributed by atoms with E-state index in [0.717, 1.165) is 10.0 Å². The first-order valence-electron chi connectivity index (χ1n) is 4.65. The van der Waals surface area contributed by atoms with Crippen LogP contribution in [0, 0.1) is 0 Å². The summed E-state index contributed by atoms with van der Waals surface area (Å²) in [6, 6.07) is 7.20. The number of aliphatic carboxylic acids is 1. The van der Waals surface area contributed by atoms with Gasteiger partial charge in [-0.05, 0) is 32.1 Å². The van der Waals surface area contributed by atoms with E-state index in [0.29, 0.717) is 6.42 Å². The number of benzene rings is 1. The van der Waals surface area contributed by atoms with Crippen molar-refractivity contribution in [3.63, 3.8) is 0 Å². The second-order valence-electron chi connectivity index (χ2n) is 3.61. The Balaban J connectivity index is 2.84. The van der Waals surface area contributed by atoms with Crippen LogP contribution in [0.15, 0.2) is 28.7 Å². The summed E-state index contributed by atoms with van der Waals surface area (Å²) in [6.07, 6.45) is 0.504. The van der Waals surface area contributed by atoms with E-state index in [2.05, 4.69) is 15.9 Å². The number of halogens is 1. The zero-order chi connectivity index (χ0) is 11.4. The molecular formula is C11H14BrNO2. The monoisotopic (exact) mass is 271 g/mol. The van der Waals surface area contributed by atoms with Gasteiger partial charge >= 0.3 is 5.97 Å². The van der Waals surface area contributed by atoms with Gasteiger partial charge in [0.2, 0.25) is 0 Å². The third kappa shape index (κ3) is 3.32. The van der Waals surface area contributed by atoms with E-state index in [-0.39, 0.29) is 0 Å². The number of carbonyl (C=O) groups is 1. The molecule has 15 heavy (non-hydrogen) atoms. The van der Waals surface area contributed by atoms with Crippen molar-refractivity contribution in [1.29, 1.82) is 0 Å². The van der Waals surface area contributed by atoms with Crippen molar-refractivity contribution in [3.8, 4) is 0 Å². The molecule has 1 aromatic carbocycles. The normalized spacial score (nSPS) is 12.8. The summed E-state index contributed by atoms with van der Waals surface area (Å²) in [5.41, 5.74) is 1.01. The molecule has 0 aliphatic heterocycles. The largest absolute Gasteiger partial charge is 0.480 e. The average molecular weight is 272 g/mol. The highest BCUT2D eigenvalue weighted by molar-refractivity contribution is 9.10. The number of carboxylic acids is 1. The van der Waals surface area contributed by atoms with Gasteiger partial charge in [-0.15, -0.1) is 0 Å². The lowest BCUT2D eigenvalue weighted by molar-refractivity contribution is -0.142. The summed E-state index contributed by atoms with van der Waals surface area (Å²) in [7, 11) is 3.55. The van der Waals surface area contributed by atoms with Crippen LogP contribution in [-0.2, 0) is 11.2 Å². The number of carboxylic acid groups (broad SMARTS) is 1. The maximum absolute atomic E-state index is 11.0. The second-order valence-corrected chi connectivity index (χ2v) is 4.47. The number of likely N-dealkylation sites (N-methyl/N-ethyl adjacent to an activating group) is 1. The molecule has 0 aromatic heterocycles. The fourth-order valence-corrected chi connectivity index (χ4v) is 1.81. The predicted molar refractivity (Wildman–Crippen MR) is 63.0 cm³/mol. The Morgan fingerprint density at radius 3 is 2.53 bits per heavy atom. The van der Waals surface area contributed by atoms with Crippen molar-refractivity contribution in [2.45, 2.75) is 12.5 Å². The Labute approximate surface area is 97.8 Å². The first kappa shape index (κ1) is 12.2. The number of rotatable bonds is 4. The zero-order valence-corrected chi connectivity index (χ0v) is 10.4. The van der Waals surface area contributed by atoms with Crippen molar-refractivity contribution in [1.82, 2.24) is 4.90 Å². The van der Waals surface area contributed by atoms with E-state index >= 15 is 0 Å². The summed E-state index contributed by atoms with van der Waals surface area (Å²) in [5.74, 6) is -0.796. The molecule has 3 nitrogen and oxygen atoms in total. The molecule has 0 fully saturated rings. The molecule has 1 rings (SSSR count). The van der Waals surface area contributed by atoms with E-state index in [1.165, 1.54) is 0 Å². The fourth-order valence-electron chi connectivity index (χ4n) is 1.36. The van der Waals surface area contributed by atoms with E-state index in [1.807, 2.05) is 24.3 Å². The molecule has 0 saturated carbocycles. The van der Waals surface area contributed by atoms with Crippen LogP contribution in [-0.4, -0.2) is 36.1 Å². The molecule has 0 aliphatic carbocycles.